The van der Waals surface area contributed by atoms with Gasteiger partial charge in [0.25, 0.3) is 5.91 Å². The van der Waals surface area contributed by atoms with Gasteiger partial charge in [0.1, 0.15) is 16.5 Å². The summed E-state index contributed by atoms with van der Waals surface area (Å²) in [6.07, 6.45) is 1.66. The van der Waals surface area contributed by atoms with E-state index in [0.29, 0.717) is 16.5 Å². The highest BCUT2D eigenvalue weighted by Gasteiger charge is 2.15. The molecule has 0 saturated carbocycles. The lowest BCUT2D eigenvalue weighted by Gasteiger charge is -2.10. The lowest BCUT2D eigenvalue weighted by molar-refractivity contribution is 0.102. The number of hydrogen-bond donors (Lipinski definition) is 1. The highest BCUT2D eigenvalue weighted by molar-refractivity contribution is 7.13. The molecule has 0 saturated heterocycles. The third kappa shape index (κ3) is 3.43. The van der Waals surface area contributed by atoms with Crippen molar-refractivity contribution in [2.75, 3.05) is 5.32 Å². The SMILES string of the molecule is CC(C)n1nccc1NC(=O)c1csc(-c2cccc(Cl)c2)n1. The Bertz CT molecular complexity index is 840. The van der Waals surface area contributed by atoms with Gasteiger partial charge >= 0.3 is 0 Å². The molecule has 23 heavy (non-hydrogen) atoms. The van der Waals surface area contributed by atoms with Gasteiger partial charge in [0, 0.05) is 28.1 Å². The van der Waals surface area contributed by atoms with Crippen LogP contribution in [-0.2, 0) is 0 Å². The van der Waals surface area contributed by atoms with Crippen LogP contribution in [0.2, 0.25) is 5.02 Å². The first-order valence-electron chi connectivity index (χ1n) is 7.11. The molecule has 1 aromatic carbocycles. The molecule has 118 valence electrons. The zero-order chi connectivity index (χ0) is 16.4. The Morgan fingerprint density at radius 1 is 1.35 bits per heavy atom. The second-order valence-corrected chi connectivity index (χ2v) is 6.55. The Kier molecular flexibility index (Phi) is 4.45. The molecule has 0 aliphatic heterocycles. The van der Waals surface area contributed by atoms with E-state index in [2.05, 4.69) is 15.4 Å². The summed E-state index contributed by atoms with van der Waals surface area (Å²) in [5.41, 5.74) is 1.27. The molecule has 5 nitrogen and oxygen atoms in total. The van der Waals surface area contributed by atoms with Crippen molar-refractivity contribution < 1.29 is 4.79 Å². The predicted molar refractivity (Wildman–Crippen MR) is 93.1 cm³/mol. The van der Waals surface area contributed by atoms with Crippen molar-refractivity contribution in [1.82, 2.24) is 14.8 Å². The number of aromatic nitrogens is 3. The number of halogens is 1. The Hall–Kier alpha value is -2.18. The number of amides is 1. The third-order valence-corrected chi connectivity index (χ3v) is 4.34. The van der Waals surface area contributed by atoms with Crippen LogP contribution in [0, 0.1) is 0 Å². The van der Waals surface area contributed by atoms with Crippen LogP contribution in [0.25, 0.3) is 10.6 Å². The maximum absolute atomic E-state index is 12.4. The first kappa shape index (κ1) is 15.7. The van der Waals surface area contributed by atoms with Gasteiger partial charge < -0.3 is 5.32 Å². The van der Waals surface area contributed by atoms with E-state index in [-0.39, 0.29) is 11.9 Å². The quantitative estimate of drug-likeness (QED) is 0.757. The number of carbonyl (C=O) groups is 1. The molecule has 0 aliphatic carbocycles. The van der Waals surface area contributed by atoms with Crippen LogP contribution in [0.1, 0.15) is 30.4 Å². The van der Waals surface area contributed by atoms with Gasteiger partial charge in [-0.05, 0) is 26.0 Å². The minimum atomic E-state index is -0.253. The smallest absolute Gasteiger partial charge is 0.276 e. The average molecular weight is 347 g/mol. The van der Waals surface area contributed by atoms with Crippen LogP contribution >= 0.6 is 22.9 Å². The van der Waals surface area contributed by atoms with E-state index in [1.807, 2.05) is 32.0 Å². The number of carbonyl (C=O) groups excluding carboxylic acids is 1. The van der Waals surface area contributed by atoms with Gasteiger partial charge in [0.05, 0.1) is 6.20 Å². The van der Waals surface area contributed by atoms with Crippen molar-refractivity contribution in [1.29, 1.82) is 0 Å². The highest BCUT2D eigenvalue weighted by Crippen LogP contribution is 2.26. The molecule has 3 aromatic rings. The molecule has 1 N–H and O–H groups in total. The van der Waals surface area contributed by atoms with Crippen molar-refractivity contribution in [3.05, 3.63) is 52.6 Å². The minimum Gasteiger partial charge on any atom is -0.305 e. The third-order valence-electron chi connectivity index (χ3n) is 3.21. The van der Waals surface area contributed by atoms with Crippen LogP contribution in [0.3, 0.4) is 0 Å². The van der Waals surface area contributed by atoms with E-state index < -0.39 is 0 Å². The number of benzene rings is 1. The molecule has 0 aliphatic rings. The second kappa shape index (κ2) is 6.52. The van der Waals surface area contributed by atoms with Crippen molar-refractivity contribution in [2.45, 2.75) is 19.9 Å². The van der Waals surface area contributed by atoms with Crippen LogP contribution in [0.5, 0.6) is 0 Å². The Morgan fingerprint density at radius 3 is 2.91 bits per heavy atom. The van der Waals surface area contributed by atoms with Crippen molar-refractivity contribution in [3.8, 4) is 10.6 Å². The topological polar surface area (TPSA) is 59.8 Å². The first-order chi connectivity index (χ1) is 11.0. The Labute approximate surface area is 142 Å². The van der Waals surface area contributed by atoms with Crippen LogP contribution in [0.15, 0.2) is 41.9 Å². The van der Waals surface area contributed by atoms with E-state index in [4.69, 9.17) is 11.6 Å². The van der Waals surface area contributed by atoms with Crippen molar-refractivity contribution >= 4 is 34.7 Å². The number of hydrogen-bond acceptors (Lipinski definition) is 4. The van der Waals surface area contributed by atoms with Crippen molar-refractivity contribution in [2.24, 2.45) is 0 Å². The monoisotopic (exact) mass is 346 g/mol. The fourth-order valence-electron chi connectivity index (χ4n) is 2.14. The van der Waals surface area contributed by atoms with Gasteiger partial charge in [-0.25, -0.2) is 9.67 Å². The van der Waals surface area contributed by atoms with Gasteiger partial charge in [-0.2, -0.15) is 5.10 Å². The van der Waals surface area contributed by atoms with E-state index in [1.165, 1.54) is 11.3 Å². The van der Waals surface area contributed by atoms with Gasteiger partial charge in [-0.15, -0.1) is 11.3 Å². The van der Waals surface area contributed by atoms with Gasteiger partial charge in [0.2, 0.25) is 0 Å². The van der Waals surface area contributed by atoms with Crippen LogP contribution in [-0.4, -0.2) is 20.7 Å². The van der Waals surface area contributed by atoms with E-state index in [1.54, 1.807) is 28.4 Å². The van der Waals surface area contributed by atoms with Gasteiger partial charge in [0.15, 0.2) is 0 Å². The molecule has 7 heteroatoms. The lowest BCUT2D eigenvalue weighted by Crippen LogP contribution is -2.17. The standard InChI is InChI=1S/C16H15ClN4OS/c1-10(2)21-14(6-7-18-21)20-15(22)13-9-23-16(19-13)11-4-3-5-12(17)8-11/h3-10H,1-2H3,(H,20,22). The number of anilines is 1. The molecule has 2 aromatic heterocycles. The van der Waals surface area contributed by atoms with Gasteiger partial charge in [-0.1, -0.05) is 23.7 Å². The molecule has 3 rings (SSSR count). The predicted octanol–water partition coefficient (Wildman–Crippen LogP) is 4.49. The molecule has 0 radical (unpaired) electrons. The molecule has 0 fully saturated rings. The fourth-order valence-corrected chi connectivity index (χ4v) is 3.12. The number of nitrogens with zero attached hydrogens (tertiary/aromatic N) is 3. The molecule has 0 atom stereocenters. The second-order valence-electron chi connectivity index (χ2n) is 5.26. The summed E-state index contributed by atoms with van der Waals surface area (Å²) in [6, 6.07) is 9.34. The largest absolute Gasteiger partial charge is 0.305 e. The Morgan fingerprint density at radius 2 is 2.17 bits per heavy atom. The van der Waals surface area contributed by atoms with Crippen molar-refractivity contribution in [3.63, 3.8) is 0 Å². The summed E-state index contributed by atoms with van der Waals surface area (Å²) in [7, 11) is 0. The number of thiazole rings is 1. The van der Waals surface area contributed by atoms with Crippen LogP contribution in [0.4, 0.5) is 5.82 Å². The minimum absolute atomic E-state index is 0.165. The zero-order valence-electron chi connectivity index (χ0n) is 12.7. The molecule has 2 heterocycles. The van der Waals surface area contributed by atoms with E-state index in [9.17, 15) is 4.79 Å². The molecule has 1 amide bonds. The molecule has 0 bridgehead atoms. The molecule has 0 unspecified atom stereocenters. The normalized spacial score (nSPS) is 11.0. The number of nitrogens with one attached hydrogen (secondary N) is 1. The maximum atomic E-state index is 12.4. The van der Waals surface area contributed by atoms with Gasteiger partial charge in [-0.3, -0.25) is 4.79 Å². The summed E-state index contributed by atoms with van der Waals surface area (Å²) < 4.78 is 1.75. The Balaban J connectivity index is 1.80. The molecular formula is C16H15ClN4OS. The van der Waals surface area contributed by atoms with E-state index in [0.717, 1.165) is 10.6 Å². The summed E-state index contributed by atoms with van der Waals surface area (Å²) in [4.78, 5) is 16.8. The molecular weight excluding hydrogens is 332 g/mol. The lowest BCUT2D eigenvalue weighted by atomic mass is 10.2. The summed E-state index contributed by atoms with van der Waals surface area (Å²) in [6.45, 7) is 4.01. The highest BCUT2D eigenvalue weighted by atomic mass is 35.5. The molecule has 0 spiro atoms. The van der Waals surface area contributed by atoms with E-state index >= 15 is 0 Å². The first-order valence-corrected chi connectivity index (χ1v) is 8.36. The summed E-state index contributed by atoms with van der Waals surface area (Å²) in [5.74, 6) is 0.402. The fraction of sp³-hybridized carbons (Fsp3) is 0.188. The number of rotatable bonds is 4. The summed E-state index contributed by atoms with van der Waals surface area (Å²) >= 11 is 7.40. The maximum Gasteiger partial charge on any atom is 0.276 e. The van der Waals surface area contributed by atoms with Crippen LogP contribution < -0.4 is 5.32 Å². The average Bonchev–Trinajstić information content (AvgIpc) is 3.16. The zero-order valence-corrected chi connectivity index (χ0v) is 14.2. The summed E-state index contributed by atoms with van der Waals surface area (Å²) in [5, 5.41) is 10.2.